The lowest BCUT2D eigenvalue weighted by Gasteiger charge is -2.32. The standard InChI is InChI=1S/C10H21NO3S/c1-9(2)7-11-8-10(12)3-5-15(13,14)6-4-10/h9,11-12H,3-8H2,1-2H3. The van der Waals surface area contributed by atoms with E-state index in [4.69, 9.17) is 0 Å². The molecule has 0 radical (unpaired) electrons. The Morgan fingerprint density at radius 2 is 1.87 bits per heavy atom. The van der Waals surface area contributed by atoms with Gasteiger partial charge < -0.3 is 10.4 Å². The molecular weight excluding hydrogens is 214 g/mol. The van der Waals surface area contributed by atoms with Gasteiger partial charge >= 0.3 is 0 Å². The van der Waals surface area contributed by atoms with Gasteiger partial charge in [-0.3, -0.25) is 0 Å². The van der Waals surface area contributed by atoms with E-state index in [2.05, 4.69) is 19.2 Å². The lowest BCUT2D eigenvalue weighted by Crippen LogP contribution is -2.47. The molecule has 0 aliphatic carbocycles. The summed E-state index contributed by atoms with van der Waals surface area (Å²) >= 11 is 0. The zero-order valence-corrected chi connectivity index (χ0v) is 10.3. The highest BCUT2D eigenvalue weighted by Crippen LogP contribution is 2.22. The summed E-state index contributed by atoms with van der Waals surface area (Å²) in [5.41, 5.74) is -0.819. The average Bonchev–Trinajstić information content (AvgIpc) is 2.11. The minimum Gasteiger partial charge on any atom is -0.388 e. The Hall–Kier alpha value is -0.130. The summed E-state index contributed by atoms with van der Waals surface area (Å²) in [6.07, 6.45) is 0.723. The first kappa shape index (κ1) is 12.9. The predicted molar refractivity (Wildman–Crippen MR) is 60.5 cm³/mol. The highest BCUT2D eigenvalue weighted by molar-refractivity contribution is 7.91. The van der Waals surface area contributed by atoms with E-state index in [-0.39, 0.29) is 11.5 Å². The Kier molecular flexibility index (Phi) is 4.14. The van der Waals surface area contributed by atoms with Crippen molar-refractivity contribution in [3.05, 3.63) is 0 Å². The second-order valence-electron chi connectivity index (χ2n) is 4.90. The van der Waals surface area contributed by atoms with Crippen LogP contribution >= 0.6 is 0 Å². The molecule has 1 rings (SSSR count). The fourth-order valence-corrected chi connectivity index (χ4v) is 3.27. The minimum absolute atomic E-state index is 0.118. The van der Waals surface area contributed by atoms with Crippen LogP contribution in [0.1, 0.15) is 26.7 Å². The van der Waals surface area contributed by atoms with Crippen LogP contribution in [-0.4, -0.2) is 43.7 Å². The third-order valence-corrected chi connectivity index (χ3v) is 4.42. The maximum absolute atomic E-state index is 11.2. The van der Waals surface area contributed by atoms with E-state index in [1.54, 1.807) is 0 Å². The van der Waals surface area contributed by atoms with Crippen LogP contribution in [0.3, 0.4) is 0 Å². The molecule has 4 nitrogen and oxygen atoms in total. The molecule has 5 heteroatoms. The second-order valence-corrected chi connectivity index (χ2v) is 7.20. The third kappa shape index (κ3) is 4.49. The number of sulfone groups is 1. The topological polar surface area (TPSA) is 66.4 Å². The van der Waals surface area contributed by atoms with Gasteiger partial charge in [0.25, 0.3) is 0 Å². The van der Waals surface area contributed by atoms with Gasteiger partial charge in [0.15, 0.2) is 9.84 Å². The number of rotatable bonds is 4. The molecule has 0 amide bonds. The largest absolute Gasteiger partial charge is 0.388 e. The summed E-state index contributed by atoms with van der Waals surface area (Å²) in [5.74, 6) is 0.778. The Morgan fingerprint density at radius 1 is 1.33 bits per heavy atom. The van der Waals surface area contributed by atoms with Crippen molar-refractivity contribution in [2.75, 3.05) is 24.6 Å². The van der Waals surface area contributed by atoms with Crippen LogP contribution < -0.4 is 5.32 Å². The van der Waals surface area contributed by atoms with Crippen LogP contribution in [0.15, 0.2) is 0 Å². The molecule has 1 heterocycles. The summed E-state index contributed by atoms with van der Waals surface area (Å²) in [6, 6.07) is 0. The molecule has 0 saturated carbocycles. The van der Waals surface area contributed by atoms with Gasteiger partial charge in [0.05, 0.1) is 17.1 Å². The van der Waals surface area contributed by atoms with Crippen molar-refractivity contribution in [3.8, 4) is 0 Å². The van der Waals surface area contributed by atoms with Crippen LogP contribution in [0.4, 0.5) is 0 Å². The molecule has 1 aliphatic rings. The van der Waals surface area contributed by atoms with Gasteiger partial charge in [-0.05, 0) is 25.3 Å². The van der Waals surface area contributed by atoms with Crippen molar-refractivity contribution in [2.24, 2.45) is 5.92 Å². The smallest absolute Gasteiger partial charge is 0.150 e. The number of hydrogen-bond donors (Lipinski definition) is 2. The van der Waals surface area contributed by atoms with Gasteiger partial charge in [-0.1, -0.05) is 13.8 Å². The molecule has 0 aromatic heterocycles. The predicted octanol–water partition coefficient (Wildman–Crippen LogP) is 0.172. The molecule has 2 N–H and O–H groups in total. The molecular formula is C10H21NO3S. The molecule has 0 aromatic rings. The molecule has 0 atom stereocenters. The van der Waals surface area contributed by atoms with E-state index in [1.807, 2.05) is 0 Å². The SMILES string of the molecule is CC(C)CNCC1(O)CCS(=O)(=O)CC1. The zero-order valence-electron chi connectivity index (χ0n) is 9.49. The minimum atomic E-state index is -2.88. The molecule has 15 heavy (non-hydrogen) atoms. The third-order valence-electron chi connectivity index (χ3n) is 2.76. The van der Waals surface area contributed by atoms with Crippen molar-refractivity contribution in [1.82, 2.24) is 5.32 Å². The first-order valence-electron chi connectivity index (χ1n) is 5.47. The van der Waals surface area contributed by atoms with Crippen LogP contribution in [0.25, 0.3) is 0 Å². The van der Waals surface area contributed by atoms with Crippen molar-refractivity contribution < 1.29 is 13.5 Å². The fourth-order valence-electron chi connectivity index (χ4n) is 1.69. The lowest BCUT2D eigenvalue weighted by atomic mass is 9.97. The highest BCUT2D eigenvalue weighted by Gasteiger charge is 2.34. The summed E-state index contributed by atoms with van der Waals surface area (Å²) < 4.78 is 22.4. The number of nitrogens with one attached hydrogen (secondary N) is 1. The molecule has 1 fully saturated rings. The van der Waals surface area contributed by atoms with Crippen LogP contribution in [0.2, 0.25) is 0 Å². The average molecular weight is 235 g/mol. The molecule has 0 aromatic carbocycles. The monoisotopic (exact) mass is 235 g/mol. The van der Waals surface area contributed by atoms with Gasteiger partial charge in [0.2, 0.25) is 0 Å². The van der Waals surface area contributed by atoms with E-state index in [1.165, 1.54) is 0 Å². The van der Waals surface area contributed by atoms with E-state index >= 15 is 0 Å². The fraction of sp³-hybridized carbons (Fsp3) is 1.00. The molecule has 90 valence electrons. The van der Waals surface area contributed by atoms with E-state index in [9.17, 15) is 13.5 Å². The van der Waals surface area contributed by atoms with E-state index in [0.29, 0.717) is 25.3 Å². The van der Waals surface area contributed by atoms with Crippen LogP contribution in [0, 0.1) is 5.92 Å². The maximum Gasteiger partial charge on any atom is 0.150 e. The first-order chi connectivity index (χ1) is 6.83. The van der Waals surface area contributed by atoms with Gasteiger partial charge in [-0.25, -0.2) is 8.42 Å². The highest BCUT2D eigenvalue weighted by atomic mass is 32.2. The zero-order chi connectivity index (χ0) is 11.5. The van der Waals surface area contributed by atoms with Gasteiger partial charge in [-0.15, -0.1) is 0 Å². The summed E-state index contributed by atoms with van der Waals surface area (Å²) in [6.45, 7) is 5.56. The first-order valence-corrected chi connectivity index (χ1v) is 7.29. The van der Waals surface area contributed by atoms with E-state index < -0.39 is 15.4 Å². The summed E-state index contributed by atoms with van der Waals surface area (Å²) in [7, 11) is -2.88. The van der Waals surface area contributed by atoms with Crippen molar-refractivity contribution in [2.45, 2.75) is 32.3 Å². The normalized spacial score (nSPS) is 24.3. The van der Waals surface area contributed by atoms with Crippen LogP contribution in [-0.2, 0) is 9.84 Å². The van der Waals surface area contributed by atoms with Crippen molar-refractivity contribution in [3.63, 3.8) is 0 Å². The molecule has 0 spiro atoms. The van der Waals surface area contributed by atoms with Gasteiger partial charge in [0.1, 0.15) is 0 Å². The second kappa shape index (κ2) is 4.80. The lowest BCUT2D eigenvalue weighted by molar-refractivity contribution is 0.0302. The summed E-state index contributed by atoms with van der Waals surface area (Å²) in [4.78, 5) is 0. The molecule has 0 bridgehead atoms. The Bertz CT molecular complexity index is 284. The Balaban J connectivity index is 2.35. The van der Waals surface area contributed by atoms with Crippen molar-refractivity contribution in [1.29, 1.82) is 0 Å². The number of hydrogen-bond acceptors (Lipinski definition) is 4. The number of aliphatic hydroxyl groups is 1. The maximum atomic E-state index is 11.2. The van der Waals surface area contributed by atoms with Crippen LogP contribution in [0.5, 0.6) is 0 Å². The summed E-state index contributed by atoms with van der Waals surface area (Å²) in [5, 5.41) is 13.3. The quantitative estimate of drug-likeness (QED) is 0.729. The van der Waals surface area contributed by atoms with Crippen molar-refractivity contribution >= 4 is 9.84 Å². The van der Waals surface area contributed by atoms with Gasteiger partial charge in [0, 0.05) is 6.54 Å². The van der Waals surface area contributed by atoms with E-state index in [0.717, 1.165) is 6.54 Å². The Morgan fingerprint density at radius 3 is 2.33 bits per heavy atom. The Labute approximate surface area is 92.0 Å². The van der Waals surface area contributed by atoms with Gasteiger partial charge in [-0.2, -0.15) is 0 Å². The molecule has 0 unspecified atom stereocenters. The molecule has 1 saturated heterocycles. The molecule has 1 aliphatic heterocycles.